The molecule has 1 aliphatic rings. The Morgan fingerprint density at radius 1 is 1.13 bits per heavy atom. The number of aromatic nitrogens is 3. The molecule has 1 aromatic heterocycles. The number of anilines is 1. The Morgan fingerprint density at radius 3 is 2.52 bits per heavy atom. The molecule has 1 saturated heterocycles. The summed E-state index contributed by atoms with van der Waals surface area (Å²) in [6.45, 7) is 2.46. The molecule has 0 radical (unpaired) electrons. The van der Waals surface area contributed by atoms with Gasteiger partial charge in [-0.05, 0) is 23.7 Å². The number of hydrogen-bond acceptors (Lipinski definition) is 7. The van der Waals surface area contributed by atoms with E-state index in [9.17, 15) is 8.42 Å². The van der Waals surface area contributed by atoms with Gasteiger partial charge >= 0.3 is 0 Å². The van der Waals surface area contributed by atoms with E-state index in [1.54, 1.807) is 18.2 Å². The van der Waals surface area contributed by atoms with Gasteiger partial charge in [-0.25, -0.2) is 8.42 Å². The SMILES string of the molecule is CS(=O)(=O)c1ccccc1-c1nc(Cl)nc(N2CCOCC2)n1. The van der Waals surface area contributed by atoms with Gasteiger partial charge in [-0.15, -0.1) is 0 Å². The van der Waals surface area contributed by atoms with E-state index in [0.717, 1.165) is 6.26 Å². The summed E-state index contributed by atoms with van der Waals surface area (Å²) in [6.07, 6.45) is 1.15. The first-order valence-electron chi connectivity index (χ1n) is 6.99. The summed E-state index contributed by atoms with van der Waals surface area (Å²) < 4.78 is 29.2. The monoisotopic (exact) mass is 354 g/mol. The normalized spacial score (nSPS) is 15.7. The predicted octanol–water partition coefficient (Wildman–Crippen LogP) is 1.43. The van der Waals surface area contributed by atoms with E-state index >= 15 is 0 Å². The molecular weight excluding hydrogens is 340 g/mol. The lowest BCUT2D eigenvalue weighted by molar-refractivity contribution is 0.122. The first-order chi connectivity index (χ1) is 10.9. The smallest absolute Gasteiger partial charge is 0.230 e. The van der Waals surface area contributed by atoms with Crippen molar-refractivity contribution < 1.29 is 13.2 Å². The van der Waals surface area contributed by atoms with Crippen LogP contribution in [0.25, 0.3) is 11.4 Å². The average molecular weight is 355 g/mol. The minimum atomic E-state index is -3.41. The van der Waals surface area contributed by atoms with E-state index in [1.807, 2.05) is 4.90 Å². The first kappa shape index (κ1) is 16.1. The van der Waals surface area contributed by atoms with Gasteiger partial charge in [0.05, 0.1) is 18.1 Å². The zero-order valence-corrected chi connectivity index (χ0v) is 14.0. The summed E-state index contributed by atoms with van der Waals surface area (Å²) in [5.41, 5.74) is 0.411. The molecule has 122 valence electrons. The van der Waals surface area contributed by atoms with Crippen LogP contribution in [0.15, 0.2) is 29.2 Å². The third-order valence-electron chi connectivity index (χ3n) is 3.42. The van der Waals surface area contributed by atoms with Crippen LogP contribution < -0.4 is 4.90 Å². The standard InChI is InChI=1S/C14H15ClN4O3S/c1-23(20,21)11-5-3-2-4-10(11)12-16-13(15)18-14(17-12)19-6-8-22-9-7-19/h2-5H,6-9H2,1H3. The van der Waals surface area contributed by atoms with Crippen LogP contribution in [0.1, 0.15) is 0 Å². The van der Waals surface area contributed by atoms with Crippen LogP contribution in [0, 0.1) is 0 Å². The Labute approximate surface area is 139 Å². The maximum Gasteiger partial charge on any atom is 0.230 e. The van der Waals surface area contributed by atoms with Gasteiger partial charge in [0.1, 0.15) is 0 Å². The molecule has 0 amide bonds. The largest absolute Gasteiger partial charge is 0.378 e. The van der Waals surface area contributed by atoms with Crippen LogP contribution in [0.2, 0.25) is 5.28 Å². The highest BCUT2D eigenvalue weighted by Crippen LogP contribution is 2.26. The van der Waals surface area contributed by atoms with Gasteiger partial charge in [0.2, 0.25) is 11.2 Å². The molecule has 1 aliphatic heterocycles. The van der Waals surface area contributed by atoms with Crippen molar-refractivity contribution in [1.29, 1.82) is 0 Å². The van der Waals surface area contributed by atoms with Gasteiger partial charge in [0, 0.05) is 24.9 Å². The molecule has 0 bridgehead atoms. The number of nitrogens with zero attached hydrogens (tertiary/aromatic N) is 4. The van der Waals surface area contributed by atoms with Gasteiger partial charge in [-0.3, -0.25) is 0 Å². The molecule has 2 heterocycles. The Hall–Kier alpha value is -1.77. The lowest BCUT2D eigenvalue weighted by Crippen LogP contribution is -2.37. The van der Waals surface area contributed by atoms with E-state index in [0.29, 0.717) is 37.8 Å². The molecule has 3 rings (SSSR count). The number of ether oxygens (including phenoxy) is 1. The summed E-state index contributed by atoms with van der Waals surface area (Å²) in [4.78, 5) is 14.7. The molecule has 0 atom stereocenters. The first-order valence-corrected chi connectivity index (χ1v) is 9.26. The molecule has 0 unspecified atom stereocenters. The van der Waals surface area contributed by atoms with Crippen LogP contribution in [-0.4, -0.2) is 55.9 Å². The summed E-state index contributed by atoms with van der Waals surface area (Å²) in [7, 11) is -3.41. The molecule has 0 N–H and O–H groups in total. The number of hydrogen-bond donors (Lipinski definition) is 0. The number of sulfone groups is 1. The Morgan fingerprint density at radius 2 is 1.83 bits per heavy atom. The molecule has 9 heteroatoms. The van der Waals surface area contributed by atoms with E-state index in [4.69, 9.17) is 16.3 Å². The number of benzene rings is 1. The number of morpholine rings is 1. The second kappa shape index (κ2) is 6.38. The highest BCUT2D eigenvalue weighted by Gasteiger charge is 2.20. The van der Waals surface area contributed by atoms with E-state index in [1.165, 1.54) is 6.07 Å². The molecule has 1 fully saturated rings. The van der Waals surface area contributed by atoms with Gasteiger partial charge in [0.15, 0.2) is 15.7 Å². The van der Waals surface area contributed by atoms with Crippen LogP contribution in [0.5, 0.6) is 0 Å². The van der Waals surface area contributed by atoms with Crippen molar-refractivity contribution in [2.45, 2.75) is 4.90 Å². The lowest BCUT2D eigenvalue weighted by atomic mass is 10.2. The van der Waals surface area contributed by atoms with Crippen LogP contribution in [-0.2, 0) is 14.6 Å². The average Bonchev–Trinajstić information content (AvgIpc) is 2.54. The zero-order chi connectivity index (χ0) is 16.4. The summed E-state index contributed by atoms with van der Waals surface area (Å²) in [5.74, 6) is 0.666. The fraction of sp³-hybridized carbons (Fsp3) is 0.357. The minimum absolute atomic E-state index is 0.0276. The predicted molar refractivity (Wildman–Crippen MR) is 86.4 cm³/mol. The maximum atomic E-state index is 12.0. The molecule has 23 heavy (non-hydrogen) atoms. The Kier molecular flexibility index (Phi) is 4.47. The quantitative estimate of drug-likeness (QED) is 0.824. The summed E-state index contributed by atoms with van der Waals surface area (Å²) in [5, 5.41) is 0.0276. The van der Waals surface area contributed by atoms with Crippen LogP contribution >= 0.6 is 11.6 Å². The van der Waals surface area contributed by atoms with Crippen molar-refractivity contribution in [3.63, 3.8) is 0 Å². The highest BCUT2D eigenvalue weighted by molar-refractivity contribution is 7.90. The molecule has 0 saturated carbocycles. The van der Waals surface area contributed by atoms with Crippen molar-refractivity contribution >= 4 is 27.4 Å². The highest BCUT2D eigenvalue weighted by atomic mass is 35.5. The van der Waals surface area contributed by atoms with E-state index < -0.39 is 9.84 Å². The molecule has 7 nitrogen and oxygen atoms in total. The molecule has 0 aliphatic carbocycles. The van der Waals surface area contributed by atoms with Gasteiger partial charge in [-0.2, -0.15) is 15.0 Å². The van der Waals surface area contributed by atoms with E-state index in [-0.39, 0.29) is 16.0 Å². The van der Waals surface area contributed by atoms with Crippen LogP contribution in [0.4, 0.5) is 5.95 Å². The zero-order valence-electron chi connectivity index (χ0n) is 12.4. The van der Waals surface area contributed by atoms with Gasteiger partial charge in [-0.1, -0.05) is 12.1 Å². The lowest BCUT2D eigenvalue weighted by Gasteiger charge is -2.26. The van der Waals surface area contributed by atoms with Crippen molar-refractivity contribution in [2.75, 3.05) is 37.5 Å². The van der Waals surface area contributed by atoms with E-state index in [2.05, 4.69) is 15.0 Å². The summed E-state index contributed by atoms with van der Waals surface area (Å²) >= 11 is 6.02. The third-order valence-corrected chi connectivity index (χ3v) is 4.74. The number of halogens is 1. The van der Waals surface area contributed by atoms with Crippen molar-refractivity contribution in [1.82, 2.24) is 15.0 Å². The van der Waals surface area contributed by atoms with Crippen molar-refractivity contribution in [2.24, 2.45) is 0 Å². The Bertz CT molecular complexity index is 823. The minimum Gasteiger partial charge on any atom is -0.378 e. The number of rotatable bonds is 3. The van der Waals surface area contributed by atoms with Gasteiger partial charge in [0.25, 0.3) is 0 Å². The molecular formula is C14H15ClN4O3S. The second-order valence-corrected chi connectivity index (χ2v) is 7.42. The fourth-order valence-electron chi connectivity index (χ4n) is 2.34. The van der Waals surface area contributed by atoms with Gasteiger partial charge < -0.3 is 9.64 Å². The summed E-state index contributed by atoms with van der Waals surface area (Å²) in [6, 6.07) is 6.57. The second-order valence-electron chi connectivity index (χ2n) is 5.10. The van der Waals surface area contributed by atoms with Crippen molar-refractivity contribution in [3.8, 4) is 11.4 Å². The third kappa shape index (κ3) is 3.60. The molecule has 1 aromatic carbocycles. The maximum absolute atomic E-state index is 12.0. The van der Waals surface area contributed by atoms with Crippen molar-refractivity contribution in [3.05, 3.63) is 29.5 Å². The Balaban J connectivity index is 2.09. The molecule has 2 aromatic rings. The fourth-order valence-corrected chi connectivity index (χ4v) is 3.38. The van der Waals surface area contributed by atoms with Crippen LogP contribution in [0.3, 0.4) is 0 Å². The topological polar surface area (TPSA) is 85.3 Å². The molecule has 0 spiro atoms.